The van der Waals surface area contributed by atoms with E-state index in [1.54, 1.807) is 0 Å². The molecular weight excluding hydrogens is 270 g/mol. The predicted octanol–water partition coefficient (Wildman–Crippen LogP) is 0.107. The summed E-state index contributed by atoms with van der Waals surface area (Å²) in [4.78, 5) is 18.1. The number of hydrogen-bond donors (Lipinski definition) is 1. The van der Waals surface area contributed by atoms with Crippen LogP contribution in [0.15, 0.2) is 18.2 Å². The van der Waals surface area contributed by atoms with Crippen molar-refractivity contribution in [2.45, 2.75) is 19.1 Å². The Morgan fingerprint density at radius 3 is 3.14 bits per heavy atom. The number of ether oxygens (including phenoxy) is 2. The third kappa shape index (κ3) is 3.58. The van der Waals surface area contributed by atoms with E-state index in [-0.39, 0.29) is 12.5 Å². The van der Waals surface area contributed by atoms with Gasteiger partial charge in [-0.2, -0.15) is 0 Å². The Hall–Kier alpha value is -1.50. The van der Waals surface area contributed by atoms with Crippen LogP contribution in [-0.2, 0) is 20.8 Å². The first kappa shape index (κ1) is 14.4. The third-order valence-electron chi connectivity index (χ3n) is 3.88. The number of aromatic nitrogens is 1. The van der Waals surface area contributed by atoms with Gasteiger partial charge < -0.3 is 14.8 Å². The van der Waals surface area contributed by atoms with E-state index < -0.39 is 5.60 Å². The smallest absolute Gasteiger partial charge is 0.246 e. The molecule has 6 nitrogen and oxygen atoms in total. The summed E-state index contributed by atoms with van der Waals surface area (Å²) in [6.07, 6.45) is 0. The molecule has 21 heavy (non-hydrogen) atoms. The maximum Gasteiger partial charge on any atom is 0.246 e. The number of rotatable bonds is 2. The van der Waals surface area contributed by atoms with Gasteiger partial charge >= 0.3 is 0 Å². The van der Waals surface area contributed by atoms with Crippen LogP contribution in [-0.4, -0.2) is 60.8 Å². The van der Waals surface area contributed by atoms with Crippen molar-refractivity contribution in [3.05, 3.63) is 29.6 Å². The molecule has 2 aliphatic rings. The molecule has 1 aromatic heterocycles. The van der Waals surface area contributed by atoms with E-state index in [1.165, 1.54) is 0 Å². The van der Waals surface area contributed by atoms with Gasteiger partial charge in [0.05, 0.1) is 25.5 Å². The number of pyridine rings is 1. The van der Waals surface area contributed by atoms with E-state index in [2.05, 4.69) is 15.2 Å². The molecule has 6 heteroatoms. The Labute approximate surface area is 124 Å². The summed E-state index contributed by atoms with van der Waals surface area (Å²) in [6, 6.07) is 6.06. The monoisotopic (exact) mass is 291 g/mol. The highest BCUT2D eigenvalue weighted by molar-refractivity contribution is 5.78. The van der Waals surface area contributed by atoms with Crippen molar-refractivity contribution in [2.75, 3.05) is 39.5 Å². The van der Waals surface area contributed by atoms with Crippen LogP contribution >= 0.6 is 0 Å². The standard InChI is InChI=1S/C15H21N3O3/c1-12-3-2-4-13(17-12)7-18-5-6-20-11-15(10-18)9-16-14(19)8-21-15/h2-4H,5-11H2,1H3,(H,16,19). The first-order valence-electron chi connectivity index (χ1n) is 7.29. The Kier molecular flexibility index (Phi) is 4.19. The zero-order valence-corrected chi connectivity index (χ0v) is 12.3. The third-order valence-corrected chi connectivity index (χ3v) is 3.88. The predicted molar refractivity (Wildman–Crippen MR) is 76.8 cm³/mol. The summed E-state index contributed by atoms with van der Waals surface area (Å²) in [5, 5.41) is 2.88. The highest BCUT2D eigenvalue weighted by atomic mass is 16.5. The minimum absolute atomic E-state index is 0.0585. The Balaban J connectivity index is 1.69. The zero-order valence-electron chi connectivity index (χ0n) is 12.3. The van der Waals surface area contributed by atoms with Crippen LogP contribution < -0.4 is 5.32 Å². The minimum Gasteiger partial charge on any atom is -0.377 e. The number of morpholine rings is 1. The van der Waals surface area contributed by atoms with Crippen molar-refractivity contribution in [3.63, 3.8) is 0 Å². The van der Waals surface area contributed by atoms with Crippen LogP contribution in [0.5, 0.6) is 0 Å². The van der Waals surface area contributed by atoms with Gasteiger partial charge in [0.15, 0.2) is 0 Å². The van der Waals surface area contributed by atoms with Crippen molar-refractivity contribution in [2.24, 2.45) is 0 Å². The van der Waals surface area contributed by atoms with Crippen molar-refractivity contribution < 1.29 is 14.3 Å². The highest BCUT2D eigenvalue weighted by Gasteiger charge is 2.39. The molecule has 1 atom stereocenters. The van der Waals surface area contributed by atoms with Crippen LogP contribution in [0.4, 0.5) is 0 Å². The molecule has 1 N–H and O–H groups in total. The number of carbonyl (C=O) groups is 1. The van der Waals surface area contributed by atoms with Gasteiger partial charge in [-0.3, -0.25) is 14.7 Å². The van der Waals surface area contributed by atoms with Gasteiger partial charge in [0, 0.05) is 25.3 Å². The molecule has 0 radical (unpaired) electrons. The summed E-state index contributed by atoms with van der Waals surface area (Å²) in [5.41, 5.74) is 1.63. The Morgan fingerprint density at radius 2 is 2.38 bits per heavy atom. The molecule has 3 rings (SSSR count). The zero-order chi connectivity index (χ0) is 14.7. The number of nitrogens with zero attached hydrogens (tertiary/aromatic N) is 2. The normalized spacial score (nSPS) is 27.4. The van der Waals surface area contributed by atoms with Crippen LogP contribution in [0.3, 0.4) is 0 Å². The first-order chi connectivity index (χ1) is 10.2. The molecule has 1 amide bonds. The lowest BCUT2D eigenvalue weighted by molar-refractivity contribution is -0.152. The molecule has 0 aliphatic carbocycles. The summed E-state index contributed by atoms with van der Waals surface area (Å²) >= 11 is 0. The van der Waals surface area contributed by atoms with Gasteiger partial charge in [-0.15, -0.1) is 0 Å². The fourth-order valence-electron chi connectivity index (χ4n) is 2.81. The van der Waals surface area contributed by atoms with Gasteiger partial charge in [0.2, 0.25) is 5.91 Å². The lowest BCUT2D eigenvalue weighted by Crippen LogP contribution is -2.59. The second kappa shape index (κ2) is 6.09. The minimum atomic E-state index is -0.436. The fraction of sp³-hybridized carbons (Fsp3) is 0.600. The van der Waals surface area contributed by atoms with Crippen LogP contribution in [0.2, 0.25) is 0 Å². The Bertz CT molecular complexity index is 511. The molecule has 0 aromatic carbocycles. The molecule has 114 valence electrons. The van der Waals surface area contributed by atoms with E-state index in [4.69, 9.17) is 9.47 Å². The van der Waals surface area contributed by atoms with E-state index in [0.29, 0.717) is 19.8 Å². The number of hydrogen-bond acceptors (Lipinski definition) is 5. The van der Waals surface area contributed by atoms with Gasteiger partial charge in [0.25, 0.3) is 0 Å². The van der Waals surface area contributed by atoms with E-state index in [0.717, 1.165) is 31.0 Å². The summed E-state index contributed by atoms with van der Waals surface area (Å²) in [7, 11) is 0. The maximum atomic E-state index is 11.3. The van der Waals surface area contributed by atoms with Crippen LogP contribution in [0.25, 0.3) is 0 Å². The van der Waals surface area contributed by atoms with Crippen molar-refractivity contribution in [3.8, 4) is 0 Å². The van der Waals surface area contributed by atoms with Crippen molar-refractivity contribution >= 4 is 5.91 Å². The highest BCUT2D eigenvalue weighted by Crippen LogP contribution is 2.20. The summed E-state index contributed by atoms with van der Waals surface area (Å²) in [5.74, 6) is -0.0585. The van der Waals surface area contributed by atoms with E-state index >= 15 is 0 Å². The molecule has 1 aromatic rings. The number of amides is 1. The average Bonchev–Trinajstić information content (AvgIpc) is 2.65. The van der Waals surface area contributed by atoms with Crippen molar-refractivity contribution in [1.29, 1.82) is 0 Å². The molecular formula is C15H21N3O3. The molecule has 0 bridgehead atoms. The number of aryl methyl sites for hydroxylation is 1. The Morgan fingerprint density at radius 1 is 1.48 bits per heavy atom. The molecule has 3 heterocycles. The lowest BCUT2D eigenvalue weighted by Gasteiger charge is -2.38. The van der Waals surface area contributed by atoms with Gasteiger partial charge in [-0.1, -0.05) is 6.07 Å². The quantitative estimate of drug-likeness (QED) is 0.838. The molecule has 2 fully saturated rings. The van der Waals surface area contributed by atoms with E-state index in [9.17, 15) is 4.79 Å². The average molecular weight is 291 g/mol. The van der Waals surface area contributed by atoms with Crippen LogP contribution in [0, 0.1) is 6.92 Å². The number of carbonyl (C=O) groups excluding carboxylic acids is 1. The van der Waals surface area contributed by atoms with Crippen molar-refractivity contribution in [1.82, 2.24) is 15.2 Å². The number of nitrogens with one attached hydrogen (secondary N) is 1. The first-order valence-corrected chi connectivity index (χ1v) is 7.29. The van der Waals surface area contributed by atoms with Gasteiger partial charge in [-0.25, -0.2) is 0 Å². The second-order valence-corrected chi connectivity index (χ2v) is 5.78. The summed E-state index contributed by atoms with van der Waals surface area (Å²) < 4.78 is 11.5. The van der Waals surface area contributed by atoms with E-state index in [1.807, 2.05) is 25.1 Å². The fourth-order valence-corrected chi connectivity index (χ4v) is 2.81. The largest absolute Gasteiger partial charge is 0.377 e. The topological polar surface area (TPSA) is 63.7 Å². The molecule has 2 saturated heterocycles. The summed E-state index contributed by atoms with van der Waals surface area (Å²) in [6.45, 7) is 6.15. The maximum absolute atomic E-state index is 11.3. The lowest BCUT2D eigenvalue weighted by atomic mass is 10.0. The SMILES string of the molecule is Cc1cccc(CN2CCOCC3(CNC(=O)CO3)C2)n1. The van der Waals surface area contributed by atoms with Crippen LogP contribution in [0.1, 0.15) is 11.4 Å². The van der Waals surface area contributed by atoms with Gasteiger partial charge in [-0.05, 0) is 19.1 Å². The molecule has 2 aliphatic heterocycles. The molecule has 1 spiro atoms. The molecule has 0 saturated carbocycles. The second-order valence-electron chi connectivity index (χ2n) is 5.78. The molecule has 1 unspecified atom stereocenters. The van der Waals surface area contributed by atoms with Gasteiger partial charge in [0.1, 0.15) is 12.2 Å².